The molecule has 1 aliphatic heterocycles. The first-order valence-electron chi connectivity index (χ1n) is 7.02. The molecule has 0 aliphatic carbocycles. The van der Waals surface area contributed by atoms with Crippen LogP contribution in [0.5, 0.6) is 0 Å². The summed E-state index contributed by atoms with van der Waals surface area (Å²) < 4.78 is 2.04. The van der Waals surface area contributed by atoms with Gasteiger partial charge >= 0.3 is 0 Å². The summed E-state index contributed by atoms with van der Waals surface area (Å²) in [5, 5.41) is 7.46. The Labute approximate surface area is 148 Å². The molecule has 1 N–H and O–H groups in total. The highest BCUT2D eigenvalue weighted by Crippen LogP contribution is 2.29. The molecule has 0 amide bonds. The summed E-state index contributed by atoms with van der Waals surface area (Å²) >= 11 is 2.03. The predicted octanol–water partition coefficient (Wildman–Crippen LogP) is 1.73. The molecule has 2 heterocycles. The molecule has 1 saturated heterocycles. The highest BCUT2D eigenvalue weighted by molar-refractivity contribution is 14.0. The van der Waals surface area contributed by atoms with Crippen molar-refractivity contribution in [3.05, 3.63) is 12.2 Å². The SMILES string of the molecule is CCNC(=NCc1ncnn1C)N1CCSC(C)(C)C1.I. The molecule has 0 unspecified atom stereocenters. The van der Waals surface area contributed by atoms with Gasteiger partial charge in [-0.15, -0.1) is 24.0 Å². The molecule has 21 heavy (non-hydrogen) atoms. The van der Waals surface area contributed by atoms with E-state index in [0.717, 1.165) is 37.2 Å². The van der Waals surface area contributed by atoms with Crippen molar-refractivity contribution in [2.45, 2.75) is 32.1 Å². The van der Waals surface area contributed by atoms with E-state index < -0.39 is 0 Å². The fourth-order valence-corrected chi connectivity index (χ4v) is 3.34. The third kappa shape index (κ3) is 5.32. The summed E-state index contributed by atoms with van der Waals surface area (Å²) in [7, 11) is 1.89. The number of hydrogen-bond acceptors (Lipinski definition) is 4. The van der Waals surface area contributed by atoms with E-state index in [1.165, 1.54) is 0 Å². The Bertz CT molecular complexity index is 473. The molecule has 1 fully saturated rings. The van der Waals surface area contributed by atoms with Crippen molar-refractivity contribution in [1.82, 2.24) is 25.0 Å². The van der Waals surface area contributed by atoms with Crippen molar-refractivity contribution in [3.63, 3.8) is 0 Å². The van der Waals surface area contributed by atoms with Crippen molar-refractivity contribution in [1.29, 1.82) is 0 Å². The second-order valence-corrected chi connectivity index (χ2v) is 7.30. The van der Waals surface area contributed by atoms with Gasteiger partial charge in [-0.25, -0.2) is 9.98 Å². The average Bonchev–Trinajstić information content (AvgIpc) is 2.79. The molecule has 1 aromatic rings. The van der Waals surface area contributed by atoms with Gasteiger partial charge in [-0.1, -0.05) is 0 Å². The van der Waals surface area contributed by atoms with Crippen molar-refractivity contribution in [3.8, 4) is 0 Å². The number of guanidine groups is 1. The first kappa shape index (κ1) is 18.5. The maximum absolute atomic E-state index is 4.70. The second kappa shape index (κ2) is 8.21. The zero-order valence-corrected chi connectivity index (χ0v) is 16.3. The molecule has 6 nitrogen and oxygen atoms in total. The first-order valence-corrected chi connectivity index (χ1v) is 8.00. The van der Waals surface area contributed by atoms with Gasteiger partial charge in [-0.2, -0.15) is 16.9 Å². The molecule has 1 aromatic heterocycles. The minimum Gasteiger partial charge on any atom is -0.357 e. The Kier molecular flexibility index (Phi) is 7.25. The largest absolute Gasteiger partial charge is 0.357 e. The van der Waals surface area contributed by atoms with Crippen molar-refractivity contribution < 1.29 is 0 Å². The third-order valence-corrected chi connectivity index (χ3v) is 4.53. The lowest BCUT2D eigenvalue weighted by molar-refractivity contribution is 0.375. The number of thioether (sulfide) groups is 1. The number of nitrogens with one attached hydrogen (secondary N) is 1. The van der Waals surface area contributed by atoms with Crippen LogP contribution in [0.1, 0.15) is 26.6 Å². The van der Waals surface area contributed by atoms with Crippen LogP contribution in [0.25, 0.3) is 0 Å². The van der Waals surface area contributed by atoms with Crippen LogP contribution in [0.2, 0.25) is 0 Å². The number of aryl methyl sites for hydroxylation is 1. The van der Waals surface area contributed by atoms with Gasteiger partial charge in [-0.05, 0) is 20.8 Å². The van der Waals surface area contributed by atoms with Crippen LogP contribution in [0, 0.1) is 0 Å². The number of hydrogen-bond donors (Lipinski definition) is 1. The van der Waals surface area contributed by atoms with E-state index in [1.54, 1.807) is 11.0 Å². The first-order chi connectivity index (χ1) is 9.52. The minimum absolute atomic E-state index is 0. The topological polar surface area (TPSA) is 58.3 Å². The summed E-state index contributed by atoms with van der Waals surface area (Å²) in [4.78, 5) is 11.3. The molecule has 1 aliphatic rings. The molecule has 8 heteroatoms. The maximum atomic E-state index is 4.70. The van der Waals surface area contributed by atoms with Gasteiger partial charge in [0.1, 0.15) is 18.7 Å². The van der Waals surface area contributed by atoms with E-state index in [4.69, 9.17) is 4.99 Å². The summed E-state index contributed by atoms with van der Waals surface area (Å²) in [5.74, 6) is 3.00. The highest BCUT2D eigenvalue weighted by Gasteiger charge is 2.28. The number of rotatable bonds is 3. The lowest BCUT2D eigenvalue weighted by Gasteiger charge is -2.39. The number of halogens is 1. The molecule has 0 saturated carbocycles. The molecule has 0 bridgehead atoms. The van der Waals surface area contributed by atoms with Crippen molar-refractivity contribution in [2.75, 3.05) is 25.4 Å². The molecule has 0 spiro atoms. The van der Waals surface area contributed by atoms with E-state index in [-0.39, 0.29) is 28.7 Å². The number of nitrogens with zero attached hydrogens (tertiary/aromatic N) is 5. The summed E-state index contributed by atoms with van der Waals surface area (Å²) in [6.45, 7) is 10.2. The van der Waals surface area contributed by atoms with Gasteiger partial charge in [0.25, 0.3) is 0 Å². The van der Waals surface area contributed by atoms with E-state index in [2.05, 4.69) is 41.1 Å². The molecule has 0 aromatic carbocycles. The van der Waals surface area contributed by atoms with Gasteiger partial charge in [0.15, 0.2) is 5.96 Å². The van der Waals surface area contributed by atoms with Crippen LogP contribution in [0.3, 0.4) is 0 Å². The number of aromatic nitrogens is 3. The normalized spacial score (nSPS) is 18.3. The highest BCUT2D eigenvalue weighted by atomic mass is 127. The third-order valence-electron chi connectivity index (χ3n) is 3.24. The van der Waals surface area contributed by atoms with E-state index in [9.17, 15) is 0 Å². The van der Waals surface area contributed by atoms with E-state index in [0.29, 0.717) is 6.54 Å². The van der Waals surface area contributed by atoms with E-state index >= 15 is 0 Å². The standard InChI is InChI=1S/C13H24N6S.HI/c1-5-14-12(15-8-11-16-10-17-18(11)4)19-6-7-20-13(2,3)9-19;/h10H,5-9H2,1-4H3,(H,14,15);1H. The maximum Gasteiger partial charge on any atom is 0.194 e. The van der Waals surface area contributed by atoms with E-state index in [1.807, 2.05) is 18.8 Å². The Hall–Kier alpha value is -0.510. The zero-order valence-electron chi connectivity index (χ0n) is 13.2. The lowest BCUT2D eigenvalue weighted by Crippen LogP contribution is -2.51. The average molecular weight is 424 g/mol. The van der Waals surface area contributed by atoms with Gasteiger partial charge in [0.2, 0.25) is 0 Å². The Morgan fingerprint density at radius 3 is 2.86 bits per heavy atom. The number of aliphatic imine (C=N–C) groups is 1. The fraction of sp³-hybridized carbons (Fsp3) is 0.769. The Balaban J connectivity index is 0.00000220. The summed E-state index contributed by atoms with van der Waals surface area (Å²) in [6.07, 6.45) is 1.57. The fourth-order valence-electron chi connectivity index (χ4n) is 2.23. The van der Waals surface area contributed by atoms with Crippen molar-refractivity contribution in [2.24, 2.45) is 12.0 Å². The van der Waals surface area contributed by atoms with Gasteiger partial charge < -0.3 is 10.2 Å². The lowest BCUT2D eigenvalue weighted by atomic mass is 10.2. The summed E-state index contributed by atoms with van der Waals surface area (Å²) in [6, 6.07) is 0. The molecular weight excluding hydrogens is 399 g/mol. The molecule has 2 rings (SSSR count). The van der Waals surface area contributed by atoms with Gasteiger partial charge in [-0.3, -0.25) is 4.68 Å². The second-order valence-electron chi connectivity index (χ2n) is 5.50. The van der Waals surface area contributed by atoms with Crippen LogP contribution in [0.4, 0.5) is 0 Å². The predicted molar refractivity (Wildman–Crippen MR) is 99.3 cm³/mol. The molecular formula is C13H25IN6S. The van der Waals surface area contributed by atoms with Crippen LogP contribution in [0.15, 0.2) is 11.3 Å². The van der Waals surface area contributed by atoms with Gasteiger partial charge in [0.05, 0.1) is 0 Å². The van der Waals surface area contributed by atoms with Crippen LogP contribution < -0.4 is 5.32 Å². The molecule has 0 radical (unpaired) electrons. The smallest absolute Gasteiger partial charge is 0.194 e. The van der Waals surface area contributed by atoms with Crippen LogP contribution >= 0.6 is 35.7 Å². The monoisotopic (exact) mass is 424 g/mol. The zero-order chi connectivity index (χ0) is 14.6. The van der Waals surface area contributed by atoms with Gasteiger partial charge in [0, 0.05) is 37.2 Å². The van der Waals surface area contributed by atoms with Crippen molar-refractivity contribution >= 4 is 41.7 Å². The van der Waals surface area contributed by atoms with Crippen LogP contribution in [-0.2, 0) is 13.6 Å². The molecule has 120 valence electrons. The molecule has 0 atom stereocenters. The Morgan fingerprint density at radius 2 is 2.29 bits per heavy atom. The Morgan fingerprint density at radius 1 is 1.52 bits per heavy atom. The summed E-state index contributed by atoms with van der Waals surface area (Å²) in [5.41, 5.74) is 0. The van der Waals surface area contributed by atoms with Crippen LogP contribution in [-0.4, -0.2) is 55.8 Å². The minimum atomic E-state index is 0. The quantitative estimate of drug-likeness (QED) is 0.455.